The van der Waals surface area contributed by atoms with E-state index in [0.717, 1.165) is 0 Å². The molecular weight excluding hydrogens is 244 g/mol. The second-order valence-corrected chi connectivity index (χ2v) is 5.19. The topological polar surface area (TPSA) is 24.4 Å². The first kappa shape index (κ1) is 13.6. The quantitative estimate of drug-likeness (QED) is 0.784. The molecule has 1 aliphatic rings. The van der Waals surface area contributed by atoms with Gasteiger partial charge in [-0.1, -0.05) is 25.6 Å². The summed E-state index contributed by atoms with van der Waals surface area (Å²) in [6, 6.07) is 0. The maximum absolute atomic E-state index is 12.6. The predicted molar refractivity (Wildman–Crippen MR) is 57.5 cm³/mol. The van der Waals surface area contributed by atoms with Crippen molar-refractivity contribution in [1.29, 1.82) is 0 Å². The van der Waals surface area contributed by atoms with Gasteiger partial charge in [0, 0.05) is 5.25 Å². The summed E-state index contributed by atoms with van der Waals surface area (Å²) in [5.74, 6) is -3.62. The van der Waals surface area contributed by atoms with Crippen molar-refractivity contribution in [3.8, 4) is 0 Å². The van der Waals surface area contributed by atoms with Crippen molar-refractivity contribution < 1.29 is 17.6 Å². The summed E-state index contributed by atoms with van der Waals surface area (Å²) < 4.78 is 48.9. The average molecular weight is 258 g/mol. The molecule has 0 saturated carbocycles. The highest BCUT2D eigenvalue weighted by Crippen LogP contribution is 2.27. The molecule has 1 heterocycles. The van der Waals surface area contributed by atoms with Crippen LogP contribution in [0.1, 0.15) is 13.8 Å². The van der Waals surface area contributed by atoms with Crippen LogP contribution >= 0.6 is 11.8 Å². The maximum atomic E-state index is 12.6. The Balaban J connectivity index is 2.36. The molecule has 16 heavy (non-hydrogen) atoms. The fraction of sp³-hybridized carbons (Fsp3) is 0.889. The largest absolute Gasteiger partial charge is 0.359 e. The summed E-state index contributed by atoms with van der Waals surface area (Å²) in [6.45, 7) is 3.49. The highest BCUT2D eigenvalue weighted by molar-refractivity contribution is 8.14. The third-order valence-corrected chi connectivity index (χ3v) is 3.71. The standard InChI is InChI=1S/C9H14F4N2S/c1-5(2)6-3-14-8(16-6)15-4-9(12,13)7(10)11/h5-7H,3-4H2,1-2H3,(H,14,15). The highest BCUT2D eigenvalue weighted by atomic mass is 32.2. The van der Waals surface area contributed by atoms with Gasteiger partial charge in [-0.3, -0.25) is 4.99 Å². The molecule has 1 aliphatic heterocycles. The lowest BCUT2D eigenvalue weighted by atomic mass is 10.1. The van der Waals surface area contributed by atoms with E-state index in [9.17, 15) is 17.6 Å². The number of thioether (sulfide) groups is 1. The van der Waals surface area contributed by atoms with Gasteiger partial charge in [0.15, 0.2) is 5.17 Å². The molecule has 0 aromatic heterocycles. The summed E-state index contributed by atoms with van der Waals surface area (Å²) >= 11 is 1.33. The van der Waals surface area contributed by atoms with Crippen LogP contribution in [0, 0.1) is 5.92 Å². The fourth-order valence-corrected chi connectivity index (χ4v) is 2.12. The molecule has 0 amide bonds. The molecule has 0 aromatic rings. The number of hydrogen-bond acceptors (Lipinski definition) is 3. The van der Waals surface area contributed by atoms with Gasteiger partial charge in [-0.05, 0) is 5.92 Å². The van der Waals surface area contributed by atoms with E-state index in [1.807, 2.05) is 13.8 Å². The molecule has 2 nitrogen and oxygen atoms in total. The van der Waals surface area contributed by atoms with Crippen LogP contribution in [-0.2, 0) is 0 Å². The molecule has 0 spiro atoms. The van der Waals surface area contributed by atoms with Crippen LogP contribution in [0.4, 0.5) is 17.6 Å². The molecule has 0 aliphatic carbocycles. The maximum Gasteiger partial charge on any atom is 0.324 e. The molecule has 0 radical (unpaired) electrons. The molecule has 94 valence electrons. The van der Waals surface area contributed by atoms with E-state index in [-0.39, 0.29) is 5.25 Å². The van der Waals surface area contributed by atoms with Gasteiger partial charge < -0.3 is 5.32 Å². The van der Waals surface area contributed by atoms with Crippen molar-refractivity contribution in [1.82, 2.24) is 5.32 Å². The SMILES string of the molecule is CC(C)C1CN=C(NCC(F)(F)C(F)F)S1. The van der Waals surface area contributed by atoms with Crippen molar-refractivity contribution in [2.45, 2.75) is 31.4 Å². The van der Waals surface area contributed by atoms with Gasteiger partial charge in [0.25, 0.3) is 0 Å². The highest BCUT2D eigenvalue weighted by Gasteiger charge is 2.41. The number of hydrogen-bond donors (Lipinski definition) is 1. The molecule has 7 heteroatoms. The monoisotopic (exact) mass is 258 g/mol. The Morgan fingerprint density at radius 2 is 2.12 bits per heavy atom. The first-order valence-corrected chi connectivity index (χ1v) is 5.82. The zero-order valence-corrected chi connectivity index (χ0v) is 9.83. The van der Waals surface area contributed by atoms with Gasteiger partial charge in [-0.15, -0.1) is 0 Å². The smallest absolute Gasteiger partial charge is 0.324 e. The first-order chi connectivity index (χ1) is 7.33. The summed E-state index contributed by atoms with van der Waals surface area (Å²) in [4.78, 5) is 3.99. The number of nitrogens with one attached hydrogen (secondary N) is 1. The number of alkyl halides is 4. The summed E-state index contributed by atoms with van der Waals surface area (Å²) in [6.07, 6.45) is -3.65. The lowest BCUT2D eigenvalue weighted by molar-refractivity contribution is -0.122. The first-order valence-electron chi connectivity index (χ1n) is 4.94. The number of aliphatic imine (C=N–C) groups is 1. The molecule has 1 N–H and O–H groups in total. The zero-order valence-electron chi connectivity index (χ0n) is 9.01. The van der Waals surface area contributed by atoms with Crippen LogP contribution in [0.3, 0.4) is 0 Å². The molecule has 0 fully saturated rings. The third-order valence-electron chi connectivity index (χ3n) is 2.22. The minimum atomic E-state index is -4.00. The molecular formula is C9H14F4N2S. The molecule has 0 bridgehead atoms. The fourth-order valence-electron chi connectivity index (χ4n) is 1.11. The van der Waals surface area contributed by atoms with E-state index in [0.29, 0.717) is 17.6 Å². The van der Waals surface area contributed by atoms with Crippen molar-refractivity contribution in [3.05, 3.63) is 0 Å². The predicted octanol–water partition coefficient (Wildman–Crippen LogP) is 2.60. The number of halogens is 4. The van der Waals surface area contributed by atoms with Crippen LogP contribution in [-0.4, -0.2) is 35.9 Å². The van der Waals surface area contributed by atoms with Crippen LogP contribution in [0.25, 0.3) is 0 Å². The molecule has 0 saturated heterocycles. The average Bonchev–Trinajstić information content (AvgIpc) is 2.63. The summed E-state index contributed by atoms with van der Waals surface area (Å²) in [5.41, 5.74) is 0. The van der Waals surface area contributed by atoms with Gasteiger partial charge in [-0.25, -0.2) is 8.78 Å². The van der Waals surface area contributed by atoms with Gasteiger partial charge in [-0.2, -0.15) is 8.78 Å². The molecule has 1 unspecified atom stereocenters. The third kappa shape index (κ3) is 3.54. The van der Waals surface area contributed by atoms with E-state index >= 15 is 0 Å². The van der Waals surface area contributed by atoms with Gasteiger partial charge in [0.05, 0.1) is 13.1 Å². The summed E-state index contributed by atoms with van der Waals surface area (Å²) in [5, 5.41) is 2.84. The van der Waals surface area contributed by atoms with Crippen LogP contribution < -0.4 is 5.32 Å². The lowest BCUT2D eigenvalue weighted by Crippen LogP contribution is -2.40. The minimum absolute atomic E-state index is 0.239. The van der Waals surface area contributed by atoms with E-state index in [2.05, 4.69) is 10.3 Å². The number of amidine groups is 1. The van der Waals surface area contributed by atoms with Gasteiger partial charge >= 0.3 is 12.3 Å². The van der Waals surface area contributed by atoms with Crippen molar-refractivity contribution in [2.24, 2.45) is 10.9 Å². The Morgan fingerprint density at radius 3 is 2.56 bits per heavy atom. The van der Waals surface area contributed by atoms with Gasteiger partial charge in [0.2, 0.25) is 0 Å². The van der Waals surface area contributed by atoms with Crippen molar-refractivity contribution in [3.63, 3.8) is 0 Å². The Bertz CT molecular complexity index is 268. The van der Waals surface area contributed by atoms with E-state index in [1.54, 1.807) is 0 Å². The van der Waals surface area contributed by atoms with Crippen molar-refractivity contribution >= 4 is 16.9 Å². The van der Waals surface area contributed by atoms with Crippen LogP contribution in [0.15, 0.2) is 4.99 Å². The Hall–Kier alpha value is -0.460. The van der Waals surface area contributed by atoms with E-state index in [4.69, 9.17) is 0 Å². The van der Waals surface area contributed by atoms with E-state index < -0.39 is 18.9 Å². The van der Waals surface area contributed by atoms with Crippen LogP contribution in [0.5, 0.6) is 0 Å². The van der Waals surface area contributed by atoms with Gasteiger partial charge in [0.1, 0.15) is 0 Å². The van der Waals surface area contributed by atoms with Crippen molar-refractivity contribution in [2.75, 3.05) is 13.1 Å². The number of rotatable bonds is 4. The Kier molecular flexibility index (Phi) is 4.46. The Morgan fingerprint density at radius 1 is 1.50 bits per heavy atom. The van der Waals surface area contributed by atoms with Crippen LogP contribution in [0.2, 0.25) is 0 Å². The molecule has 1 rings (SSSR count). The molecule has 1 atom stereocenters. The van der Waals surface area contributed by atoms with E-state index in [1.165, 1.54) is 11.8 Å². The second-order valence-electron chi connectivity index (χ2n) is 3.96. The minimum Gasteiger partial charge on any atom is -0.359 e. The Labute approximate surface area is 95.9 Å². The second kappa shape index (κ2) is 5.25. The number of nitrogens with zero attached hydrogens (tertiary/aromatic N) is 1. The summed E-state index contributed by atoms with van der Waals surface area (Å²) in [7, 11) is 0. The molecule has 0 aromatic carbocycles. The lowest BCUT2D eigenvalue weighted by Gasteiger charge is -2.17. The zero-order chi connectivity index (χ0) is 12.3. The normalized spacial score (nSPS) is 21.8.